The summed E-state index contributed by atoms with van der Waals surface area (Å²) in [4.78, 5) is 20.4. The van der Waals surface area contributed by atoms with Crippen molar-refractivity contribution >= 4 is 11.7 Å². The molecule has 2 heterocycles. The highest BCUT2D eigenvalue weighted by molar-refractivity contribution is 5.91. The molecule has 0 radical (unpaired) electrons. The van der Waals surface area contributed by atoms with Gasteiger partial charge in [0.25, 0.3) is 0 Å². The van der Waals surface area contributed by atoms with Crippen LogP contribution < -0.4 is 10.6 Å². The molecule has 0 bridgehead atoms. The molecule has 25 heavy (non-hydrogen) atoms. The van der Waals surface area contributed by atoms with Gasteiger partial charge in [-0.2, -0.15) is 5.10 Å². The maximum Gasteiger partial charge on any atom is 0.319 e. The zero-order chi connectivity index (χ0) is 17.2. The highest BCUT2D eigenvalue weighted by Gasteiger charge is 2.39. The van der Waals surface area contributed by atoms with E-state index in [0.717, 1.165) is 12.0 Å². The molecule has 1 aliphatic carbocycles. The van der Waals surface area contributed by atoms with E-state index in [1.165, 1.54) is 29.5 Å². The smallest absolute Gasteiger partial charge is 0.319 e. The zero-order valence-electron chi connectivity index (χ0n) is 13.1. The Morgan fingerprint density at radius 3 is 2.84 bits per heavy atom. The summed E-state index contributed by atoms with van der Waals surface area (Å²) in [7, 11) is 0. The van der Waals surface area contributed by atoms with Crippen LogP contribution in [-0.2, 0) is 0 Å². The largest absolute Gasteiger partial charge is 0.334 e. The van der Waals surface area contributed by atoms with E-state index in [1.807, 2.05) is 0 Å². The van der Waals surface area contributed by atoms with Crippen LogP contribution in [0.5, 0.6) is 0 Å². The number of nitrogens with one attached hydrogen (secondary N) is 2. The van der Waals surface area contributed by atoms with Gasteiger partial charge in [0.15, 0.2) is 5.82 Å². The number of pyridine rings is 1. The fraction of sp³-hybridized carbons (Fsp3) is 0.176. The predicted molar refractivity (Wildman–Crippen MR) is 88.9 cm³/mol. The monoisotopic (exact) mass is 338 g/mol. The van der Waals surface area contributed by atoms with Gasteiger partial charge in [0.1, 0.15) is 18.5 Å². The van der Waals surface area contributed by atoms with Crippen LogP contribution in [0.15, 0.2) is 55.2 Å². The molecule has 7 nitrogen and oxygen atoms in total. The van der Waals surface area contributed by atoms with Gasteiger partial charge in [-0.05, 0) is 36.2 Å². The number of nitrogens with zero attached hydrogens (tertiary/aromatic N) is 4. The molecule has 2 N–H and O–H groups in total. The van der Waals surface area contributed by atoms with Gasteiger partial charge < -0.3 is 10.6 Å². The topological polar surface area (TPSA) is 84.7 Å². The molecule has 2 atom stereocenters. The van der Waals surface area contributed by atoms with E-state index in [0.29, 0.717) is 11.5 Å². The van der Waals surface area contributed by atoms with Gasteiger partial charge in [0.2, 0.25) is 0 Å². The van der Waals surface area contributed by atoms with Crippen molar-refractivity contribution in [3.05, 3.63) is 66.6 Å². The number of urea groups is 1. The molecule has 0 spiro atoms. The lowest BCUT2D eigenvalue weighted by molar-refractivity contribution is 0.251. The first-order valence-electron chi connectivity index (χ1n) is 7.84. The summed E-state index contributed by atoms with van der Waals surface area (Å²) in [6.07, 6.45) is 5.36. The maximum absolute atomic E-state index is 13.0. The third-order valence-corrected chi connectivity index (χ3v) is 4.08. The third kappa shape index (κ3) is 3.32. The van der Waals surface area contributed by atoms with Crippen LogP contribution in [-0.4, -0.2) is 31.8 Å². The Morgan fingerprint density at radius 1 is 1.24 bits per heavy atom. The summed E-state index contributed by atoms with van der Waals surface area (Å²) in [6, 6.07) is 9.58. The van der Waals surface area contributed by atoms with E-state index in [4.69, 9.17) is 0 Å². The maximum atomic E-state index is 13.0. The van der Waals surface area contributed by atoms with Gasteiger partial charge >= 0.3 is 6.03 Å². The second kappa shape index (κ2) is 6.31. The first kappa shape index (κ1) is 15.3. The molecule has 3 aromatic rings. The molecule has 2 aromatic heterocycles. The van der Waals surface area contributed by atoms with Gasteiger partial charge in [-0.25, -0.2) is 23.8 Å². The molecule has 4 rings (SSSR count). The van der Waals surface area contributed by atoms with Crippen LogP contribution in [0.4, 0.5) is 14.9 Å². The first-order chi connectivity index (χ1) is 12.2. The Kier molecular flexibility index (Phi) is 3.85. The molecule has 0 unspecified atom stereocenters. The lowest BCUT2D eigenvalue weighted by Gasteiger charge is -2.10. The molecule has 8 heteroatoms. The fourth-order valence-electron chi connectivity index (χ4n) is 2.75. The van der Waals surface area contributed by atoms with Gasteiger partial charge in [0, 0.05) is 18.2 Å². The Balaban J connectivity index is 1.40. The Bertz CT molecular complexity index is 880. The van der Waals surface area contributed by atoms with Crippen molar-refractivity contribution in [1.82, 2.24) is 25.1 Å². The Labute approximate surface area is 142 Å². The summed E-state index contributed by atoms with van der Waals surface area (Å²) in [5, 5.41) is 9.74. The summed E-state index contributed by atoms with van der Waals surface area (Å²) in [5.74, 6) is 0.444. The van der Waals surface area contributed by atoms with Crippen molar-refractivity contribution in [2.75, 3.05) is 5.32 Å². The molecule has 1 fully saturated rings. The van der Waals surface area contributed by atoms with E-state index < -0.39 is 0 Å². The van der Waals surface area contributed by atoms with E-state index in [1.54, 1.807) is 30.5 Å². The lowest BCUT2D eigenvalue weighted by Crippen LogP contribution is -2.31. The van der Waals surface area contributed by atoms with Gasteiger partial charge in [0.05, 0.1) is 5.69 Å². The van der Waals surface area contributed by atoms with Crippen molar-refractivity contribution in [3.63, 3.8) is 0 Å². The molecular formula is C17H15FN6O. The van der Waals surface area contributed by atoms with E-state index in [9.17, 15) is 9.18 Å². The molecule has 1 aliphatic rings. The van der Waals surface area contributed by atoms with Crippen LogP contribution in [0.2, 0.25) is 0 Å². The number of aromatic nitrogens is 4. The van der Waals surface area contributed by atoms with E-state index >= 15 is 0 Å². The van der Waals surface area contributed by atoms with Crippen LogP contribution >= 0.6 is 0 Å². The van der Waals surface area contributed by atoms with Crippen molar-refractivity contribution in [2.24, 2.45) is 0 Å². The molecule has 2 amide bonds. The van der Waals surface area contributed by atoms with Crippen molar-refractivity contribution in [1.29, 1.82) is 0 Å². The van der Waals surface area contributed by atoms with Crippen molar-refractivity contribution < 1.29 is 9.18 Å². The number of amides is 2. The highest BCUT2D eigenvalue weighted by atomic mass is 19.1. The van der Waals surface area contributed by atoms with Crippen LogP contribution in [0.1, 0.15) is 17.9 Å². The molecule has 126 valence electrons. The molecule has 0 saturated heterocycles. The Hall–Kier alpha value is -3.29. The Morgan fingerprint density at radius 2 is 2.08 bits per heavy atom. The summed E-state index contributed by atoms with van der Waals surface area (Å²) in [5.41, 5.74) is 1.56. The van der Waals surface area contributed by atoms with Crippen LogP contribution in [0.25, 0.3) is 5.82 Å². The SMILES string of the molecule is O=C(Nc1cccnc1-n1cncn1)N[C@@H]1C[C@H]1c1ccc(F)cc1. The average molecular weight is 338 g/mol. The standard InChI is InChI=1S/C17H15FN6O/c18-12-5-3-11(4-6-12)13-8-15(13)23-17(25)22-14-2-1-7-20-16(14)24-10-19-9-21-24/h1-7,9-10,13,15H,8H2,(H2,22,23,25)/t13-,15+/m0/s1. The zero-order valence-corrected chi connectivity index (χ0v) is 13.1. The average Bonchev–Trinajstić information content (AvgIpc) is 3.15. The van der Waals surface area contributed by atoms with Crippen molar-refractivity contribution in [3.8, 4) is 5.82 Å². The summed E-state index contributed by atoms with van der Waals surface area (Å²) in [6.45, 7) is 0. The third-order valence-electron chi connectivity index (χ3n) is 4.08. The van der Waals surface area contributed by atoms with E-state index in [2.05, 4.69) is 25.7 Å². The van der Waals surface area contributed by atoms with Crippen molar-refractivity contribution in [2.45, 2.75) is 18.4 Å². The van der Waals surface area contributed by atoms with Crippen LogP contribution in [0.3, 0.4) is 0 Å². The number of carbonyl (C=O) groups excluding carboxylic acids is 1. The number of hydrogen-bond donors (Lipinski definition) is 2. The second-order valence-corrected chi connectivity index (χ2v) is 5.81. The first-order valence-corrected chi connectivity index (χ1v) is 7.84. The summed E-state index contributed by atoms with van der Waals surface area (Å²) >= 11 is 0. The normalized spacial score (nSPS) is 18.6. The molecular weight excluding hydrogens is 323 g/mol. The van der Waals surface area contributed by atoms with Gasteiger partial charge in [-0.3, -0.25) is 0 Å². The predicted octanol–water partition coefficient (Wildman–Crippen LogP) is 2.48. The fourth-order valence-corrected chi connectivity index (χ4v) is 2.75. The number of anilines is 1. The molecule has 1 saturated carbocycles. The van der Waals surface area contributed by atoms with Gasteiger partial charge in [-0.1, -0.05) is 12.1 Å². The number of carbonyl (C=O) groups is 1. The minimum atomic E-state index is -0.316. The number of hydrogen-bond acceptors (Lipinski definition) is 4. The second-order valence-electron chi connectivity index (χ2n) is 5.81. The summed E-state index contributed by atoms with van der Waals surface area (Å²) < 4.78 is 14.5. The highest BCUT2D eigenvalue weighted by Crippen LogP contribution is 2.40. The minimum Gasteiger partial charge on any atom is -0.334 e. The molecule has 0 aliphatic heterocycles. The van der Waals surface area contributed by atoms with E-state index in [-0.39, 0.29) is 23.8 Å². The minimum absolute atomic E-state index is 0.0388. The molecule has 1 aromatic carbocycles. The number of rotatable bonds is 4. The number of halogens is 1. The quantitative estimate of drug-likeness (QED) is 0.765. The van der Waals surface area contributed by atoms with Crippen LogP contribution in [0, 0.1) is 5.82 Å². The van der Waals surface area contributed by atoms with Gasteiger partial charge in [-0.15, -0.1) is 0 Å². The lowest BCUT2D eigenvalue weighted by atomic mass is 10.1. The number of benzene rings is 1.